The number of primary amides is 1. The van der Waals surface area contributed by atoms with Crippen molar-refractivity contribution < 1.29 is 4.79 Å². The van der Waals surface area contributed by atoms with Gasteiger partial charge in [-0.25, -0.2) is 9.97 Å². The number of piperidine rings is 1. The van der Waals surface area contributed by atoms with Crippen molar-refractivity contribution in [3.63, 3.8) is 0 Å². The van der Waals surface area contributed by atoms with Crippen molar-refractivity contribution in [3.8, 4) is 0 Å². The van der Waals surface area contributed by atoms with Gasteiger partial charge in [0, 0.05) is 18.8 Å². The van der Waals surface area contributed by atoms with E-state index in [1.807, 2.05) is 13.1 Å². The van der Waals surface area contributed by atoms with Crippen LogP contribution in [0.15, 0.2) is 6.20 Å². The molecule has 7 heteroatoms. The average Bonchev–Trinajstić information content (AvgIpc) is 2.82. The first-order valence-electron chi connectivity index (χ1n) is 7.10. The van der Waals surface area contributed by atoms with Crippen LogP contribution in [0.5, 0.6) is 0 Å². The lowest BCUT2D eigenvalue weighted by atomic mass is 10.1. The molecule has 1 saturated heterocycles. The first-order valence-corrected chi connectivity index (χ1v) is 7.10. The number of hydrogen-bond donors (Lipinski definition) is 4. The topological polar surface area (TPSA) is 109 Å². The lowest BCUT2D eigenvalue weighted by Gasteiger charge is -2.24. The summed E-state index contributed by atoms with van der Waals surface area (Å²) in [6, 6.07) is 0.463. The molecule has 2 aromatic rings. The van der Waals surface area contributed by atoms with Gasteiger partial charge in [-0.05, 0) is 38.8 Å². The number of hydrogen-bond acceptors (Lipinski definition) is 5. The standard InChI is InChI=1S/C13H19N5.CH3NO/c1-8-6-15-12-11(8)13(17-9(2)16-12)18-10-4-3-5-14-7-10;2-1-3/h6,10,14H,3-5,7H2,1-2H3,(H2,15,16,17,18);1H,(H2,2,3). The highest BCUT2D eigenvalue weighted by atomic mass is 16.1. The Balaban J connectivity index is 0.000000497. The summed E-state index contributed by atoms with van der Waals surface area (Å²) in [6.45, 7) is 6.15. The van der Waals surface area contributed by atoms with Crippen molar-refractivity contribution in [2.75, 3.05) is 18.4 Å². The van der Waals surface area contributed by atoms with Gasteiger partial charge in [0.15, 0.2) is 0 Å². The molecule has 5 N–H and O–H groups in total. The van der Waals surface area contributed by atoms with E-state index >= 15 is 0 Å². The van der Waals surface area contributed by atoms with Crippen LogP contribution >= 0.6 is 0 Å². The van der Waals surface area contributed by atoms with Gasteiger partial charge in [0.05, 0.1) is 5.39 Å². The molecule has 1 amide bonds. The van der Waals surface area contributed by atoms with Crippen molar-refractivity contribution in [1.82, 2.24) is 20.3 Å². The number of fused-ring (bicyclic) bond motifs is 1. The molecule has 21 heavy (non-hydrogen) atoms. The van der Waals surface area contributed by atoms with Gasteiger partial charge in [-0.1, -0.05) is 0 Å². The molecule has 3 rings (SSSR count). The molecule has 0 spiro atoms. The lowest BCUT2D eigenvalue weighted by molar-refractivity contribution is -0.106. The zero-order valence-electron chi connectivity index (χ0n) is 12.4. The van der Waals surface area contributed by atoms with Crippen molar-refractivity contribution in [2.45, 2.75) is 32.7 Å². The van der Waals surface area contributed by atoms with Gasteiger partial charge in [0.1, 0.15) is 17.3 Å². The second kappa shape index (κ2) is 7.03. The molecule has 1 unspecified atom stereocenters. The molecule has 0 aliphatic carbocycles. The van der Waals surface area contributed by atoms with Crippen molar-refractivity contribution in [2.24, 2.45) is 5.73 Å². The van der Waals surface area contributed by atoms with Gasteiger partial charge in [-0.15, -0.1) is 0 Å². The van der Waals surface area contributed by atoms with E-state index in [-0.39, 0.29) is 6.41 Å². The number of nitrogens with zero attached hydrogens (tertiary/aromatic N) is 2. The maximum absolute atomic E-state index is 8.58. The summed E-state index contributed by atoms with van der Waals surface area (Å²) in [4.78, 5) is 20.8. The number of aromatic nitrogens is 3. The number of aromatic amines is 1. The Morgan fingerprint density at radius 1 is 1.43 bits per heavy atom. The Bertz CT molecular complexity index is 603. The van der Waals surface area contributed by atoms with Crippen LogP contribution in [-0.4, -0.2) is 40.5 Å². The molecule has 114 valence electrons. The van der Waals surface area contributed by atoms with Crippen LogP contribution in [0.2, 0.25) is 0 Å². The monoisotopic (exact) mass is 290 g/mol. The predicted octanol–water partition coefficient (Wildman–Crippen LogP) is 0.840. The molecule has 1 atom stereocenters. The lowest BCUT2D eigenvalue weighted by Crippen LogP contribution is -2.38. The number of anilines is 1. The fraction of sp³-hybridized carbons (Fsp3) is 0.500. The minimum Gasteiger partial charge on any atom is -0.372 e. The molecule has 0 bridgehead atoms. The summed E-state index contributed by atoms with van der Waals surface area (Å²) >= 11 is 0. The van der Waals surface area contributed by atoms with Crippen LogP contribution in [0.1, 0.15) is 24.2 Å². The van der Waals surface area contributed by atoms with Crippen molar-refractivity contribution >= 4 is 23.3 Å². The molecule has 0 radical (unpaired) electrons. The van der Waals surface area contributed by atoms with E-state index in [9.17, 15) is 0 Å². The Hall–Kier alpha value is -2.15. The minimum absolute atomic E-state index is 0.250. The van der Waals surface area contributed by atoms with Gasteiger partial charge in [-0.2, -0.15) is 0 Å². The molecular weight excluding hydrogens is 268 g/mol. The van der Waals surface area contributed by atoms with Gasteiger partial charge in [-0.3, -0.25) is 4.79 Å². The maximum Gasteiger partial charge on any atom is 0.204 e. The summed E-state index contributed by atoms with van der Waals surface area (Å²) in [5, 5.41) is 8.09. The molecule has 0 aromatic carbocycles. The second-order valence-electron chi connectivity index (χ2n) is 5.14. The SMILES string of the molecule is Cc1nc(NC2CCCNC2)c2c(C)c[nH]c2n1.NC=O. The molecule has 0 saturated carbocycles. The smallest absolute Gasteiger partial charge is 0.204 e. The van der Waals surface area contributed by atoms with E-state index in [4.69, 9.17) is 4.79 Å². The molecular formula is C14H22N6O. The highest BCUT2D eigenvalue weighted by Crippen LogP contribution is 2.24. The Labute approximate surface area is 123 Å². The fourth-order valence-electron chi connectivity index (χ4n) is 2.57. The van der Waals surface area contributed by atoms with Gasteiger partial charge in [0.25, 0.3) is 0 Å². The Morgan fingerprint density at radius 2 is 2.19 bits per heavy atom. The zero-order chi connectivity index (χ0) is 15.2. The highest BCUT2D eigenvalue weighted by molar-refractivity contribution is 5.90. The van der Waals surface area contributed by atoms with Crippen LogP contribution in [0, 0.1) is 13.8 Å². The van der Waals surface area contributed by atoms with Gasteiger partial charge in [0.2, 0.25) is 6.41 Å². The predicted molar refractivity (Wildman–Crippen MR) is 83.1 cm³/mol. The van der Waals surface area contributed by atoms with Crippen LogP contribution < -0.4 is 16.4 Å². The number of nitrogens with two attached hydrogens (primary N) is 1. The summed E-state index contributed by atoms with van der Waals surface area (Å²) in [7, 11) is 0. The summed E-state index contributed by atoms with van der Waals surface area (Å²) in [5.74, 6) is 1.76. The summed E-state index contributed by atoms with van der Waals surface area (Å²) in [5.41, 5.74) is 6.28. The normalized spacial score (nSPS) is 17.9. The molecule has 3 heterocycles. The largest absolute Gasteiger partial charge is 0.372 e. The van der Waals surface area contributed by atoms with Gasteiger partial charge < -0.3 is 21.4 Å². The second-order valence-corrected chi connectivity index (χ2v) is 5.14. The number of rotatable bonds is 2. The number of H-pyrrole nitrogens is 1. The molecule has 7 nitrogen and oxygen atoms in total. The molecule has 1 fully saturated rings. The van der Waals surface area contributed by atoms with Crippen molar-refractivity contribution in [3.05, 3.63) is 17.6 Å². The van der Waals surface area contributed by atoms with Crippen molar-refractivity contribution in [1.29, 1.82) is 0 Å². The third-order valence-corrected chi connectivity index (χ3v) is 3.48. The van der Waals surface area contributed by atoms with E-state index < -0.39 is 0 Å². The van der Waals surface area contributed by atoms with Crippen LogP contribution in [-0.2, 0) is 4.79 Å². The van der Waals surface area contributed by atoms with E-state index in [0.29, 0.717) is 6.04 Å². The van der Waals surface area contributed by atoms with Crippen LogP contribution in [0.4, 0.5) is 5.82 Å². The number of nitrogens with one attached hydrogen (secondary N) is 3. The zero-order valence-corrected chi connectivity index (χ0v) is 12.4. The summed E-state index contributed by atoms with van der Waals surface area (Å²) in [6.07, 6.45) is 4.65. The maximum atomic E-state index is 8.58. The summed E-state index contributed by atoms with van der Waals surface area (Å²) < 4.78 is 0. The van der Waals surface area contributed by atoms with E-state index in [0.717, 1.165) is 35.8 Å². The molecule has 2 aromatic heterocycles. The third-order valence-electron chi connectivity index (χ3n) is 3.48. The Kier molecular flexibility index (Phi) is 5.10. The number of carbonyl (C=O) groups excluding carboxylic acids is 1. The molecule has 1 aliphatic rings. The quantitative estimate of drug-likeness (QED) is 0.613. The Morgan fingerprint density at radius 3 is 2.86 bits per heavy atom. The van der Waals surface area contributed by atoms with Gasteiger partial charge >= 0.3 is 0 Å². The van der Waals surface area contributed by atoms with Crippen LogP contribution in [0.3, 0.4) is 0 Å². The number of carbonyl (C=O) groups is 1. The van der Waals surface area contributed by atoms with Crippen LogP contribution in [0.25, 0.3) is 11.0 Å². The first-order chi connectivity index (χ1) is 10.2. The third kappa shape index (κ3) is 3.69. The average molecular weight is 290 g/mol. The van der Waals surface area contributed by atoms with E-state index in [1.54, 1.807) is 0 Å². The first kappa shape index (κ1) is 15.2. The minimum atomic E-state index is 0.250. The molecule has 1 aliphatic heterocycles. The van der Waals surface area contributed by atoms with E-state index in [2.05, 4.69) is 38.2 Å². The fourth-order valence-corrected chi connectivity index (χ4v) is 2.57. The number of amides is 1. The highest BCUT2D eigenvalue weighted by Gasteiger charge is 2.16. The number of aryl methyl sites for hydroxylation is 2. The van der Waals surface area contributed by atoms with E-state index in [1.165, 1.54) is 18.4 Å².